The van der Waals surface area contributed by atoms with Gasteiger partial charge >= 0.3 is 0 Å². The molecule has 0 aliphatic heterocycles. The first-order chi connectivity index (χ1) is 7.86. The van der Waals surface area contributed by atoms with Crippen molar-refractivity contribution in [1.82, 2.24) is 0 Å². The van der Waals surface area contributed by atoms with Crippen LogP contribution in [0.15, 0.2) is 0 Å². The average Bonchev–Trinajstić information content (AvgIpc) is 2.32. The van der Waals surface area contributed by atoms with E-state index in [2.05, 4.69) is 6.92 Å². The highest BCUT2D eigenvalue weighted by atomic mass is 16.5. The van der Waals surface area contributed by atoms with Crippen LogP contribution in [0.25, 0.3) is 0 Å². The summed E-state index contributed by atoms with van der Waals surface area (Å²) in [5.41, 5.74) is 0. The fourth-order valence-electron chi connectivity index (χ4n) is 2.27. The Hall–Kier alpha value is -0.120. The predicted molar refractivity (Wildman–Crippen MR) is 64.5 cm³/mol. The molecule has 1 aliphatic carbocycles. The zero-order valence-electron chi connectivity index (χ0n) is 10.5. The molecule has 0 atom stereocenters. The van der Waals surface area contributed by atoms with Crippen molar-refractivity contribution in [2.45, 2.75) is 39.0 Å². The number of hydrogen-bond acceptors (Lipinski definition) is 3. The minimum Gasteiger partial charge on any atom is -0.394 e. The zero-order chi connectivity index (χ0) is 11.6. The Bertz CT molecular complexity index is 135. The van der Waals surface area contributed by atoms with E-state index in [9.17, 15) is 0 Å². The van der Waals surface area contributed by atoms with E-state index in [1.807, 2.05) is 0 Å². The zero-order valence-corrected chi connectivity index (χ0v) is 10.5. The number of rotatable bonds is 8. The normalized spacial score (nSPS) is 25.9. The molecule has 0 amide bonds. The van der Waals surface area contributed by atoms with Gasteiger partial charge in [0.05, 0.1) is 13.2 Å². The molecular weight excluding hydrogens is 204 g/mol. The van der Waals surface area contributed by atoms with E-state index in [0.29, 0.717) is 12.5 Å². The van der Waals surface area contributed by atoms with Crippen molar-refractivity contribution < 1.29 is 14.6 Å². The van der Waals surface area contributed by atoms with Crippen molar-refractivity contribution >= 4 is 0 Å². The summed E-state index contributed by atoms with van der Waals surface area (Å²) in [5, 5.41) is 8.62. The highest BCUT2D eigenvalue weighted by Crippen LogP contribution is 2.29. The van der Waals surface area contributed by atoms with Gasteiger partial charge in [-0.1, -0.05) is 6.92 Å². The molecule has 16 heavy (non-hydrogen) atoms. The monoisotopic (exact) mass is 230 g/mol. The smallest absolute Gasteiger partial charge is 0.0697 e. The third kappa shape index (κ3) is 5.83. The Morgan fingerprint density at radius 2 is 1.44 bits per heavy atom. The Labute approximate surface area is 99.1 Å². The number of aliphatic hydroxyl groups is 1. The molecular formula is C13H26O3. The van der Waals surface area contributed by atoms with Crippen molar-refractivity contribution in [3.05, 3.63) is 0 Å². The van der Waals surface area contributed by atoms with Gasteiger partial charge in [0.25, 0.3) is 0 Å². The minimum absolute atomic E-state index is 0.139. The summed E-state index contributed by atoms with van der Waals surface area (Å²) in [7, 11) is 0. The summed E-state index contributed by atoms with van der Waals surface area (Å²) >= 11 is 0. The number of ether oxygens (including phenoxy) is 2. The van der Waals surface area contributed by atoms with Crippen molar-refractivity contribution in [2.24, 2.45) is 11.8 Å². The van der Waals surface area contributed by atoms with Crippen LogP contribution < -0.4 is 0 Å². The fourth-order valence-corrected chi connectivity index (χ4v) is 2.27. The molecule has 0 bridgehead atoms. The van der Waals surface area contributed by atoms with Crippen LogP contribution in [0.2, 0.25) is 0 Å². The molecule has 0 radical (unpaired) electrons. The quantitative estimate of drug-likeness (QED) is 0.650. The van der Waals surface area contributed by atoms with E-state index in [1.54, 1.807) is 0 Å². The van der Waals surface area contributed by atoms with Crippen LogP contribution in [-0.2, 0) is 9.47 Å². The van der Waals surface area contributed by atoms with E-state index in [4.69, 9.17) is 14.6 Å². The molecule has 0 saturated heterocycles. The summed E-state index contributed by atoms with van der Waals surface area (Å²) < 4.78 is 11.0. The lowest BCUT2D eigenvalue weighted by atomic mass is 9.83. The van der Waals surface area contributed by atoms with Crippen LogP contribution in [0.1, 0.15) is 39.0 Å². The van der Waals surface area contributed by atoms with Crippen molar-refractivity contribution in [3.8, 4) is 0 Å². The molecule has 0 unspecified atom stereocenters. The maximum Gasteiger partial charge on any atom is 0.0697 e. The third-order valence-electron chi connectivity index (χ3n) is 3.26. The molecule has 3 heteroatoms. The van der Waals surface area contributed by atoms with E-state index < -0.39 is 0 Å². The first kappa shape index (κ1) is 13.9. The van der Waals surface area contributed by atoms with Gasteiger partial charge in [0, 0.05) is 19.8 Å². The first-order valence-corrected chi connectivity index (χ1v) is 6.63. The SMILES string of the molecule is CCCOCC1CCC(COCCO)CC1. The van der Waals surface area contributed by atoms with Crippen molar-refractivity contribution in [1.29, 1.82) is 0 Å². The molecule has 1 N–H and O–H groups in total. The highest BCUT2D eigenvalue weighted by molar-refractivity contribution is 4.72. The number of hydrogen-bond donors (Lipinski definition) is 1. The molecule has 0 aromatic heterocycles. The van der Waals surface area contributed by atoms with Gasteiger partial charge in [0.2, 0.25) is 0 Å². The van der Waals surface area contributed by atoms with Gasteiger partial charge in [0.15, 0.2) is 0 Å². The van der Waals surface area contributed by atoms with Crippen LogP contribution in [0.3, 0.4) is 0 Å². The standard InChI is InChI=1S/C13H26O3/c1-2-8-15-10-12-3-5-13(6-4-12)11-16-9-7-14/h12-14H,2-11H2,1H3. The van der Waals surface area contributed by atoms with Gasteiger partial charge in [-0.2, -0.15) is 0 Å². The topological polar surface area (TPSA) is 38.7 Å². The van der Waals surface area contributed by atoms with Crippen LogP contribution in [0.4, 0.5) is 0 Å². The molecule has 3 nitrogen and oxygen atoms in total. The van der Waals surface area contributed by atoms with Gasteiger partial charge in [-0.3, -0.25) is 0 Å². The van der Waals surface area contributed by atoms with Crippen molar-refractivity contribution in [3.63, 3.8) is 0 Å². The molecule has 96 valence electrons. The van der Waals surface area contributed by atoms with E-state index in [1.165, 1.54) is 25.7 Å². The Kier molecular flexibility index (Phi) is 7.81. The lowest BCUT2D eigenvalue weighted by Crippen LogP contribution is -2.22. The maximum absolute atomic E-state index is 8.62. The van der Waals surface area contributed by atoms with Gasteiger partial charge in [-0.05, 0) is 43.9 Å². The largest absolute Gasteiger partial charge is 0.394 e. The second kappa shape index (κ2) is 8.97. The van der Waals surface area contributed by atoms with Crippen molar-refractivity contribution in [2.75, 3.05) is 33.0 Å². The van der Waals surface area contributed by atoms with Crippen LogP contribution in [0.5, 0.6) is 0 Å². The van der Waals surface area contributed by atoms with Gasteiger partial charge in [-0.25, -0.2) is 0 Å². The number of aliphatic hydroxyl groups excluding tert-OH is 1. The van der Waals surface area contributed by atoms with Gasteiger partial charge in [-0.15, -0.1) is 0 Å². The van der Waals surface area contributed by atoms with Crippen LogP contribution in [0, 0.1) is 11.8 Å². The fraction of sp³-hybridized carbons (Fsp3) is 1.00. The average molecular weight is 230 g/mol. The third-order valence-corrected chi connectivity index (χ3v) is 3.26. The summed E-state index contributed by atoms with van der Waals surface area (Å²) in [6, 6.07) is 0. The van der Waals surface area contributed by atoms with Gasteiger partial charge < -0.3 is 14.6 Å². The predicted octanol–water partition coefficient (Wildman–Crippen LogP) is 2.23. The van der Waals surface area contributed by atoms with Crippen LogP contribution >= 0.6 is 0 Å². The maximum atomic E-state index is 8.62. The lowest BCUT2D eigenvalue weighted by Gasteiger charge is -2.28. The summed E-state index contributed by atoms with van der Waals surface area (Å²) in [5.74, 6) is 1.47. The Morgan fingerprint density at radius 3 is 1.88 bits per heavy atom. The van der Waals surface area contributed by atoms with E-state index >= 15 is 0 Å². The summed E-state index contributed by atoms with van der Waals surface area (Å²) in [6.07, 6.45) is 6.18. The summed E-state index contributed by atoms with van der Waals surface area (Å²) in [6.45, 7) is 5.44. The Balaban J connectivity index is 2.00. The summed E-state index contributed by atoms with van der Waals surface area (Å²) in [4.78, 5) is 0. The lowest BCUT2D eigenvalue weighted by molar-refractivity contribution is 0.0377. The second-order valence-corrected chi connectivity index (χ2v) is 4.76. The molecule has 1 rings (SSSR count). The first-order valence-electron chi connectivity index (χ1n) is 6.63. The molecule has 0 heterocycles. The molecule has 1 aliphatic rings. The highest BCUT2D eigenvalue weighted by Gasteiger charge is 2.21. The molecule has 1 saturated carbocycles. The molecule has 1 fully saturated rings. The molecule has 0 spiro atoms. The van der Waals surface area contributed by atoms with Gasteiger partial charge in [0.1, 0.15) is 0 Å². The Morgan fingerprint density at radius 1 is 0.938 bits per heavy atom. The van der Waals surface area contributed by atoms with E-state index in [-0.39, 0.29) is 6.61 Å². The minimum atomic E-state index is 0.139. The molecule has 0 aromatic rings. The van der Waals surface area contributed by atoms with E-state index in [0.717, 1.165) is 32.2 Å². The van der Waals surface area contributed by atoms with Crippen LogP contribution in [-0.4, -0.2) is 38.1 Å². The molecule has 0 aromatic carbocycles. The second-order valence-electron chi connectivity index (χ2n) is 4.76.